The van der Waals surface area contributed by atoms with Gasteiger partial charge in [0.05, 0.1) is 9.40 Å². The molecule has 0 aromatic heterocycles. The quantitative estimate of drug-likeness (QED) is 0.216. The molecular formula is C18H14Br2N4O5S. The number of carbonyl (C=O) groups excluding carboxylic acids is 2. The van der Waals surface area contributed by atoms with Crippen molar-refractivity contribution in [3.8, 4) is 5.75 Å². The molecule has 156 valence electrons. The van der Waals surface area contributed by atoms with E-state index >= 15 is 0 Å². The molecule has 0 bridgehead atoms. The summed E-state index contributed by atoms with van der Waals surface area (Å²) in [6, 6.07) is 10.9. The van der Waals surface area contributed by atoms with Crippen LogP contribution in [-0.2, 0) is 9.59 Å². The normalized spacial score (nSPS) is 10.3. The fraction of sp³-hybridized carbons (Fsp3) is 0.0556. The largest absolute Gasteiger partial charge is 0.483 e. The Bertz CT molecular complexity index is 999. The smallest absolute Gasteiger partial charge is 0.276 e. The summed E-state index contributed by atoms with van der Waals surface area (Å²) in [7, 11) is 0. The molecule has 0 fully saturated rings. The number of nitro benzene ring substituents is 1. The molecule has 3 N–H and O–H groups in total. The SMILES string of the molecule is O=C(/C=C/c1ccc([N+](=O)[O-])cc1)NC(=S)NNC(=O)COc1ccc(Br)cc1Br. The van der Waals surface area contributed by atoms with Crippen LogP contribution in [0.15, 0.2) is 57.5 Å². The lowest BCUT2D eigenvalue weighted by Gasteiger charge is -2.11. The van der Waals surface area contributed by atoms with Gasteiger partial charge in [0.25, 0.3) is 11.6 Å². The fourth-order valence-corrected chi connectivity index (χ4v) is 3.28. The summed E-state index contributed by atoms with van der Waals surface area (Å²) >= 11 is 11.6. The van der Waals surface area contributed by atoms with E-state index < -0.39 is 16.7 Å². The van der Waals surface area contributed by atoms with Gasteiger partial charge in [-0.05, 0) is 70.1 Å². The first-order valence-electron chi connectivity index (χ1n) is 8.15. The van der Waals surface area contributed by atoms with E-state index in [1.807, 2.05) is 0 Å². The van der Waals surface area contributed by atoms with Crippen LogP contribution in [0.1, 0.15) is 5.56 Å². The number of nitrogens with one attached hydrogen (secondary N) is 3. The molecule has 0 heterocycles. The first kappa shape index (κ1) is 23.4. The molecule has 0 aliphatic carbocycles. The van der Waals surface area contributed by atoms with E-state index in [2.05, 4.69) is 48.0 Å². The molecule has 12 heteroatoms. The number of hydrogen-bond donors (Lipinski definition) is 3. The number of benzene rings is 2. The molecule has 0 unspecified atom stereocenters. The molecule has 0 aliphatic rings. The molecular weight excluding hydrogens is 544 g/mol. The number of thiocarbonyl (C=S) groups is 1. The van der Waals surface area contributed by atoms with E-state index in [4.69, 9.17) is 17.0 Å². The molecule has 0 spiro atoms. The fourth-order valence-electron chi connectivity index (χ4n) is 1.96. The maximum atomic E-state index is 11.8. The summed E-state index contributed by atoms with van der Waals surface area (Å²) in [5.74, 6) is -0.571. The van der Waals surface area contributed by atoms with Gasteiger partial charge < -0.3 is 4.74 Å². The van der Waals surface area contributed by atoms with Gasteiger partial charge in [0.1, 0.15) is 5.75 Å². The lowest BCUT2D eigenvalue weighted by atomic mass is 10.2. The van der Waals surface area contributed by atoms with Gasteiger partial charge in [-0.3, -0.25) is 35.9 Å². The number of nitro groups is 1. The highest BCUT2D eigenvalue weighted by atomic mass is 79.9. The second kappa shape index (κ2) is 11.4. The summed E-state index contributed by atoms with van der Waals surface area (Å²) in [5, 5.41) is 12.8. The summed E-state index contributed by atoms with van der Waals surface area (Å²) in [6.07, 6.45) is 2.66. The molecule has 9 nitrogen and oxygen atoms in total. The third kappa shape index (κ3) is 7.89. The summed E-state index contributed by atoms with van der Waals surface area (Å²) in [4.78, 5) is 33.8. The van der Waals surface area contributed by atoms with Gasteiger partial charge >= 0.3 is 0 Å². The predicted octanol–water partition coefficient (Wildman–Crippen LogP) is 3.23. The van der Waals surface area contributed by atoms with Crippen molar-refractivity contribution in [2.75, 3.05) is 6.61 Å². The molecule has 0 aliphatic heterocycles. The zero-order valence-electron chi connectivity index (χ0n) is 15.1. The number of carbonyl (C=O) groups is 2. The van der Waals surface area contributed by atoms with Crippen LogP contribution in [0.25, 0.3) is 6.08 Å². The van der Waals surface area contributed by atoms with Crippen LogP contribution >= 0.6 is 44.1 Å². The highest BCUT2D eigenvalue weighted by molar-refractivity contribution is 9.11. The van der Waals surface area contributed by atoms with Gasteiger partial charge in [-0.2, -0.15) is 0 Å². The second-order valence-corrected chi connectivity index (χ2v) is 7.72. The van der Waals surface area contributed by atoms with Crippen molar-refractivity contribution < 1.29 is 19.2 Å². The van der Waals surface area contributed by atoms with Crippen LogP contribution in [0.4, 0.5) is 5.69 Å². The number of ether oxygens (including phenoxy) is 1. The first-order chi connectivity index (χ1) is 14.2. The Morgan fingerprint density at radius 3 is 2.47 bits per heavy atom. The van der Waals surface area contributed by atoms with Gasteiger partial charge in [0.15, 0.2) is 11.7 Å². The van der Waals surface area contributed by atoms with E-state index in [0.29, 0.717) is 15.8 Å². The second-order valence-electron chi connectivity index (χ2n) is 5.54. The van der Waals surface area contributed by atoms with Crippen LogP contribution in [0.5, 0.6) is 5.75 Å². The Morgan fingerprint density at radius 1 is 1.13 bits per heavy atom. The summed E-state index contributed by atoms with van der Waals surface area (Å²) in [5.41, 5.74) is 5.23. The van der Waals surface area contributed by atoms with E-state index in [0.717, 1.165) is 4.47 Å². The third-order valence-electron chi connectivity index (χ3n) is 3.34. The molecule has 30 heavy (non-hydrogen) atoms. The van der Waals surface area contributed by atoms with E-state index in [1.165, 1.54) is 36.4 Å². The predicted molar refractivity (Wildman–Crippen MR) is 121 cm³/mol. The van der Waals surface area contributed by atoms with Crippen LogP contribution in [-0.4, -0.2) is 28.5 Å². The number of non-ortho nitro benzene ring substituents is 1. The first-order valence-corrected chi connectivity index (χ1v) is 10.1. The zero-order valence-corrected chi connectivity index (χ0v) is 19.0. The highest BCUT2D eigenvalue weighted by Crippen LogP contribution is 2.28. The average molecular weight is 558 g/mol. The van der Waals surface area contributed by atoms with E-state index in [9.17, 15) is 19.7 Å². The number of halogens is 2. The van der Waals surface area contributed by atoms with Gasteiger partial charge in [0, 0.05) is 22.7 Å². The van der Waals surface area contributed by atoms with Crippen molar-refractivity contribution in [3.05, 3.63) is 73.2 Å². The molecule has 2 amide bonds. The van der Waals surface area contributed by atoms with Gasteiger partial charge in [0.2, 0.25) is 5.91 Å². The van der Waals surface area contributed by atoms with Crippen LogP contribution < -0.4 is 20.9 Å². The standard InChI is InChI=1S/C18H14Br2N4O5S/c19-12-4-7-15(14(20)9-12)29-10-17(26)22-23-18(30)21-16(25)8-3-11-1-5-13(6-2-11)24(27)28/h1-9H,10H2,(H,22,26)(H2,21,23,25,30)/b8-3+. The Balaban J connectivity index is 1.73. The van der Waals surface area contributed by atoms with Gasteiger partial charge in [-0.15, -0.1) is 0 Å². The molecule has 2 aromatic carbocycles. The number of hydrazine groups is 1. The van der Waals surface area contributed by atoms with E-state index in [-0.39, 0.29) is 17.4 Å². The Morgan fingerprint density at radius 2 is 1.83 bits per heavy atom. The van der Waals surface area contributed by atoms with Crippen LogP contribution in [0.2, 0.25) is 0 Å². The molecule has 0 radical (unpaired) electrons. The number of hydrogen-bond acceptors (Lipinski definition) is 6. The van der Waals surface area contributed by atoms with Gasteiger partial charge in [-0.1, -0.05) is 15.9 Å². The average Bonchev–Trinajstić information content (AvgIpc) is 2.70. The van der Waals surface area contributed by atoms with Crippen molar-refractivity contribution in [3.63, 3.8) is 0 Å². The Kier molecular flexibility index (Phi) is 8.89. The minimum Gasteiger partial charge on any atom is -0.483 e. The maximum Gasteiger partial charge on any atom is 0.276 e. The lowest BCUT2D eigenvalue weighted by Crippen LogP contribution is -2.49. The maximum absolute atomic E-state index is 11.8. The molecule has 2 aromatic rings. The van der Waals surface area contributed by atoms with Crippen molar-refractivity contribution in [1.82, 2.24) is 16.2 Å². The third-order valence-corrected chi connectivity index (χ3v) is 4.65. The Hall–Kier alpha value is -2.83. The number of rotatable bonds is 6. The zero-order chi connectivity index (χ0) is 22.1. The van der Waals surface area contributed by atoms with Crippen molar-refractivity contribution in [2.24, 2.45) is 0 Å². The number of amides is 2. The highest BCUT2D eigenvalue weighted by Gasteiger charge is 2.08. The van der Waals surface area contributed by atoms with Crippen molar-refractivity contribution >= 4 is 72.8 Å². The Labute approximate surface area is 193 Å². The summed E-state index contributed by atoms with van der Waals surface area (Å²) < 4.78 is 6.91. The topological polar surface area (TPSA) is 123 Å². The lowest BCUT2D eigenvalue weighted by molar-refractivity contribution is -0.384. The number of nitrogens with zero attached hydrogens (tertiary/aromatic N) is 1. The van der Waals surface area contributed by atoms with Crippen LogP contribution in [0.3, 0.4) is 0 Å². The monoisotopic (exact) mass is 556 g/mol. The molecule has 0 saturated heterocycles. The molecule has 2 rings (SSSR count). The molecule has 0 saturated carbocycles. The van der Waals surface area contributed by atoms with Crippen LogP contribution in [0, 0.1) is 10.1 Å². The van der Waals surface area contributed by atoms with Crippen molar-refractivity contribution in [2.45, 2.75) is 0 Å². The summed E-state index contributed by atoms with van der Waals surface area (Å²) in [6.45, 7) is -0.274. The van der Waals surface area contributed by atoms with E-state index in [1.54, 1.807) is 18.2 Å². The van der Waals surface area contributed by atoms with Crippen molar-refractivity contribution in [1.29, 1.82) is 0 Å². The van der Waals surface area contributed by atoms with Gasteiger partial charge in [-0.25, -0.2) is 0 Å². The molecule has 0 atom stereocenters. The minimum absolute atomic E-state index is 0.0470. The minimum atomic E-state index is -0.546.